The molecule has 2 heterocycles. The maximum absolute atomic E-state index is 12.8. The van der Waals surface area contributed by atoms with Gasteiger partial charge in [0.25, 0.3) is 0 Å². The minimum atomic E-state index is -3.64. The normalized spacial score (nSPS) is 18.6. The van der Waals surface area contributed by atoms with E-state index < -0.39 is 15.9 Å². The summed E-state index contributed by atoms with van der Waals surface area (Å²) in [6.07, 6.45) is 1.29. The summed E-state index contributed by atoms with van der Waals surface area (Å²) in [5.41, 5.74) is 0.936. The van der Waals surface area contributed by atoms with E-state index in [1.165, 1.54) is 27.8 Å². The van der Waals surface area contributed by atoms with Gasteiger partial charge in [-0.05, 0) is 43.0 Å². The van der Waals surface area contributed by atoms with Crippen LogP contribution in [-0.2, 0) is 14.8 Å². The molecule has 0 radical (unpaired) electrons. The fourth-order valence-corrected chi connectivity index (χ4v) is 5.47. The summed E-state index contributed by atoms with van der Waals surface area (Å²) in [4.78, 5) is 17.2. The lowest BCUT2D eigenvalue weighted by molar-refractivity contribution is -0.120. The first-order valence-electron chi connectivity index (χ1n) is 8.79. The number of hydrogen-bond acceptors (Lipinski definition) is 5. The predicted octanol–water partition coefficient (Wildman–Crippen LogP) is 3.96. The van der Waals surface area contributed by atoms with Crippen molar-refractivity contribution >= 4 is 44.0 Å². The molecule has 3 rings (SSSR count). The Morgan fingerprint density at radius 1 is 1.33 bits per heavy atom. The first kappa shape index (κ1) is 20.3. The lowest BCUT2D eigenvalue weighted by Crippen LogP contribution is -2.43. The fourth-order valence-electron chi connectivity index (χ4n) is 2.95. The Morgan fingerprint density at radius 2 is 2.04 bits per heavy atom. The van der Waals surface area contributed by atoms with Gasteiger partial charge in [0.1, 0.15) is 0 Å². The van der Waals surface area contributed by atoms with Crippen LogP contribution >= 0.6 is 22.9 Å². The first-order chi connectivity index (χ1) is 12.8. The molecule has 1 fully saturated rings. The molecule has 1 aromatic carbocycles. The number of sulfonamides is 1. The number of benzene rings is 1. The van der Waals surface area contributed by atoms with E-state index in [9.17, 15) is 13.2 Å². The number of nitrogens with zero attached hydrogens (tertiary/aromatic N) is 2. The lowest BCUT2D eigenvalue weighted by Gasteiger charge is -2.31. The standard InChI is InChI=1S/C18H22ClN3O3S2/c1-12(2)16-11-26-18(20-16)21-17(23)13-4-3-9-22(10-13)27(24,25)15-7-5-14(19)6-8-15/h5-8,11-13H,3-4,9-10H2,1-2H3,(H,20,21,23). The lowest BCUT2D eigenvalue weighted by atomic mass is 9.99. The van der Waals surface area contributed by atoms with E-state index in [4.69, 9.17) is 11.6 Å². The molecular formula is C18H22ClN3O3S2. The number of rotatable bonds is 5. The van der Waals surface area contributed by atoms with Crippen molar-refractivity contribution in [1.29, 1.82) is 0 Å². The largest absolute Gasteiger partial charge is 0.302 e. The van der Waals surface area contributed by atoms with Gasteiger partial charge in [0.05, 0.1) is 16.5 Å². The van der Waals surface area contributed by atoms with E-state index in [2.05, 4.69) is 10.3 Å². The maximum atomic E-state index is 12.8. The van der Waals surface area contributed by atoms with Crippen molar-refractivity contribution < 1.29 is 13.2 Å². The number of piperidine rings is 1. The Labute approximate surface area is 168 Å². The molecule has 1 aromatic heterocycles. The molecule has 9 heteroatoms. The molecule has 0 aliphatic carbocycles. The molecule has 2 aromatic rings. The summed E-state index contributed by atoms with van der Waals surface area (Å²) in [7, 11) is -3.64. The average molecular weight is 428 g/mol. The van der Waals surface area contributed by atoms with Crippen molar-refractivity contribution in [3.8, 4) is 0 Å². The summed E-state index contributed by atoms with van der Waals surface area (Å²) in [6.45, 7) is 4.66. The molecule has 0 spiro atoms. The van der Waals surface area contributed by atoms with E-state index in [-0.39, 0.29) is 17.3 Å². The second kappa shape index (κ2) is 8.26. The van der Waals surface area contributed by atoms with Gasteiger partial charge in [-0.15, -0.1) is 11.3 Å². The Kier molecular flexibility index (Phi) is 6.20. The predicted molar refractivity (Wildman–Crippen MR) is 108 cm³/mol. The number of anilines is 1. The summed E-state index contributed by atoms with van der Waals surface area (Å²) in [5.74, 6) is -0.288. The van der Waals surface area contributed by atoms with Crippen LogP contribution in [0.2, 0.25) is 5.02 Å². The maximum Gasteiger partial charge on any atom is 0.243 e. The molecule has 146 valence electrons. The number of aromatic nitrogens is 1. The number of carbonyl (C=O) groups excluding carboxylic acids is 1. The van der Waals surface area contributed by atoms with Crippen LogP contribution in [0.1, 0.15) is 38.3 Å². The first-order valence-corrected chi connectivity index (χ1v) is 11.5. The van der Waals surface area contributed by atoms with Gasteiger partial charge in [-0.2, -0.15) is 4.31 Å². The SMILES string of the molecule is CC(C)c1csc(NC(=O)C2CCCN(S(=O)(=O)c3ccc(Cl)cc3)C2)n1. The third kappa shape index (κ3) is 4.68. The number of nitrogens with one attached hydrogen (secondary N) is 1. The Bertz CT molecular complexity index is 910. The molecule has 1 N–H and O–H groups in total. The molecule has 1 atom stereocenters. The van der Waals surface area contributed by atoms with Crippen LogP contribution in [0.25, 0.3) is 0 Å². The highest BCUT2D eigenvalue weighted by Gasteiger charge is 2.33. The molecule has 1 unspecified atom stereocenters. The molecule has 27 heavy (non-hydrogen) atoms. The van der Waals surface area contributed by atoms with Gasteiger partial charge in [-0.25, -0.2) is 13.4 Å². The van der Waals surface area contributed by atoms with Crippen molar-refractivity contribution in [2.24, 2.45) is 5.92 Å². The summed E-state index contributed by atoms with van der Waals surface area (Å²) >= 11 is 7.23. The van der Waals surface area contributed by atoms with Crippen LogP contribution in [0.3, 0.4) is 0 Å². The van der Waals surface area contributed by atoms with Gasteiger partial charge in [-0.3, -0.25) is 4.79 Å². The monoisotopic (exact) mass is 427 g/mol. The fraction of sp³-hybridized carbons (Fsp3) is 0.444. The Morgan fingerprint density at radius 3 is 2.67 bits per heavy atom. The van der Waals surface area contributed by atoms with E-state index >= 15 is 0 Å². The van der Waals surface area contributed by atoms with Crippen molar-refractivity contribution in [3.63, 3.8) is 0 Å². The van der Waals surface area contributed by atoms with Gasteiger partial charge < -0.3 is 5.32 Å². The van der Waals surface area contributed by atoms with Gasteiger partial charge in [0.15, 0.2) is 5.13 Å². The molecule has 0 bridgehead atoms. The van der Waals surface area contributed by atoms with Crippen LogP contribution in [0.5, 0.6) is 0 Å². The third-order valence-corrected chi connectivity index (χ3v) is 7.46. The minimum Gasteiger partial charge on any atom is -0.302 e. The second-order valence-corrected chi connectivity index (χ2v) is 10.1. The van der Waals surface area contributed by atoms with Crippen LogP contribution in [0.15, 0.2) is 34.5 Å². The van der Waals surface area contributed by atoms with Crippen LogP contribution in [-0.4, -0.2) is 36.7 Å². The number of hydrogen-bond donors (Lipinski definition) is 1. The molecule has 6 nitrogen and oxygen atoms in total. The highest BCUT2D eigenvalue weighted by molar-refractivity contribution is 7.89. The Balaban J connectivity index is 1.69. The number of thiazole rings is 1. The van der Waals surface area contributed by atoms with Crippen molar-refractivity contribution in [3.05, 3.63) is 40.4 Å². The zero-order chi connectivity index (χ0) is 19.6. The molecule has 1 amide bonds. The third-order valence-electron chi connectivity index (χ3n) is 4.55. The topological polar surface area (TPSA) is 79.4 Å². The minimum absolute atomic E-state index is 0.166. The molecular weight excluding hydrogens is 406 g/mol. The summed E-state index contributed by atoms with van der Waals surface area (Å²) in [6, 6.07) is 6.09. The van der Waals surface area contributed by atoms with Gasteiger partial charge >= 0.3 is 0 Å². The summed E-state index contributed by atoms with van der Waals surface area (Å²) in [5, 5.41) is 5.80. The van der Waals surface area contributed by atoms with E-state index in [0.29, 0.717) is 35.5 Å². The van der Waals surface area contributed by atoms with E-state index in [1.54, 1.807) is 12.1 Å². The van der Waals surface area contributed by atoms with Crippen molar-refractivity contribution in [1.82, 2.24) is 9.29 Å². The molecule has 1 aliphatic rings. The van der Waals surface area contributed by atoms with Crippen molar-refractivity contribution in [2.75, 3.05) is 18.4 Å². The van der Waals surface area contributed by atoms with Gasteiger partial charge in [0.2, 0.25) is 15.9 Å². The highest BCUT2D eigenvalue weighted by Crippen LogP contribution is 2.27. The number of amides is 1. The Hall–Kier alpha value is -1.48. The quantitative estimate of drug-likeness (QED) is 0.783. The van der Waals surface area contributed by atoms with Crippen molar-refractivity contribution in [2.45, 2.75) is 37.5 Å². The van der Waals surface area contributed by atoms with Gasteiger partial charge in [-0.1, -0.05) is 25.4 Å². The summed E-state index contributed by atoms with van der Waals surface area (Å²) < 4.78 is 27.1. The van der Waals surface area contributed by atoms with Crippen LogP contribution < -0.4 is 5.32 Å². The zero-order valence-electron chi connectivity index (χ0n) is 15.2. The highest BCUT2D eigenvalue weighted by atomic mass is 35.5. The van der Waals surface area contributed by atoms with Crippen LogP contribution in [0, 0.1) is 5.92 Å². The molecule has 1 aliphatic heterocycles. The average Bonchev–Trinajstić information content (AvgIpc) is 3.11. The zero-order valence-corrected chi connectivity index (χ0v) is 17.6. The number of halogens is 1. The van der Waals surface area contributed by atoms with Crippen LogP contribution in [0.4, 0.5) is 5.13 Å². The smallest absolute Gasteiger partial charge is 0.243 e. The van der Waals surface area contributed by atoms with E-state index in [0.717, 1.165) is 5.69 Å². The van der Waals surface area contributed by atoms with Gasteiger partial charge in [0, 0.05) is 23.5 Å². The van der Waals surface area contributed by atoms with E-state index in [1.807, 2.05) is 19.2 Å². The molecule has 0 saturated carbocycles. The molecule has 1 saturated heterocycles. The number of carbonyl (C=O) groups is 1. The second-order valence-electron chi connectivity index (χ2n) is 6.88.